The summed E-state index contributed by atoms with van der Waals surface area (Å²) in [4.78, 5) is 36.1. The van der Waals surface area contributed by atoms with E-state index in [0.29, 0.717) is 5.69 Å². The number of carbonyl (C=O) groups is 1. The maximum absolute atomic E-state index is 12.1. The quantitative estimate of drug-likeness (QED) is 0.691. The predicted molar refractivity (Wildman–Crippen MR) is 102 cm³/mol. The number of rotatable bonds is 5. The van der Waals surface area contributed by atoms with Crippen LogP contribution < -0.4 is 21.9 Å². The Bertz CT molecular complexity index is 1170. The molecule has 1 aromatic carbocycles. The van der Waals surface area contributed by atoms with Crippen molar-refractivity contribution in [3.63, 3.8) is 0 Å². The van der Waals surface area contributed by atoms with Gasteiger partial charge in [0.15, 0.2) is 11.3 Å². The van der Waals surface area contributed by atoms with Crippen molar-refractivity contribution < 1.29 is 9.21 Å². The van der Waals surface area contributed by atoms with Gasteiger partial charge in [-0.3, -0.25) is 18.7 Å². The highest BCUT2D eigenvalue weighted by molar-refractivity contribution is 6.02. The van der Waals surface area contributed by atoms with Gasteiger partial charge in [0.2, 0.25) is 0 Å². The first-order valence-corrected chi connectivity index (χ1v) is 8.30. The number of hydrogen-bond donors (Lipinski definition) is 2. The third kappa shape index (κ3) is 3.57. The molecule has 1 amide bonds. The first-order chi connectivity index (χ1) is 13.4. The first kappa shape index (κ1) is 18.7. The van der Waals surface area contributed by atoms with Crippen molar-refractivity contribution in [2.45, 2.75) is 6.54 Å². The van der Waals surface area contributed by atoms with Gasteiger partial charge in [-0.2, -0.15) is 5.26 Å². The van der Waals surface area contributed by atoms with E-state index in [4.69, 9.17) is 4.42 Å². The fourth-order valence-corrected chi connectivity index (χ4v) is 2.64. The molecule has 0 fully saturated rings. The van der Waals surface area contributed by atoms with Crippen molar-refractivity contribution in [3.05, 3.63) is 80.4 Å². The van der Waals surface area contributed by atoms with Gasteiger partial charge in [0, 0.05) is 26.3 Å². The Morgan fingerprint density at radius 3 is 2.46 bits per heavy atom. The molecule has 3 aromatic rings. The molecule has 0 aliphatic carbocycles. The van der Waals surface area contributed by atoms with E-state index in [9.17, 15) is 19.6 Å². The molecule has 0 aliphatic heterocycles. The molecule has 0 atom stereocenters. The van der Waals surface area contributed by atoms with Gasteiger partial charge in [-0.25, -0.2) is 4.79 Å². The zero-order valence-corrected chi connectivity index (χ0v) is 15.2. The van der Waals surface area contributed by atoms with Crippen LogP contribution in [0.4, 0.5) is 11.5 Å². The average Bonchev–Trinajstić information content (AvgIpc) is 3.24. The highest BCUT2D eigenvalue weighted by Gasteiger charge is 2.15. The molecule has 0 saturated heterocycles. The summed E-state index contributed by atoms with van der Waals surface area (Å²) in [5, 5.41) is 14.9. The fraction of sp³-hybridized carbons (Fsp3) is 0.158. The van der Waals surface area contributed by atoms with Gasteiger partial charge in [0.05, 0.1) is 6.26 Å². The highest BCUT2D eigenvalue weighted by atomic mass is 16.3. The SMILES string of the molecule is Cn1c(NCc2ccc(NC(=O)c3ccco3)cc2)c(C#N)c(=O)n(C)c1=O. The summed E-state index contributed by atoms with van der Waals surface area (Å²) < 4.78 is 7.15. The van der Waals surface area contributed by atoms with Crippen molar-refractivity contribution >= 4 is 17.4 Å². The molecule has 2 heterocycles. The standard InChI is InChI=1S/C19H17N5O4/c1-23-16(14(10-20)18(26)24(2)19(23)27)21-11-12-5-7-13(8-6-12)22-17(25)15-4-3-9-28-15/h3-9,21H,11H2,1-2H3,(H,22,25). The van der Waals surface area contributed by atoms with Crippen molar-refractivity contribution in [2.24, 2.45) is 14.1 Å². The van der Waals surface area contributed by atoms with E-state index >= 15 is 0 Å². The van der Waals surface area contributed by atoms with Crippen molar-refractivity contribution in [2.75, 3.05) is 10.6 Å². The average molecular weight is 379 g/mol. The Labute approximate surface area is 159 Å². The number of benzene rings is 1. The van der Waals surface area contributed by atoms with Crippen LogP contribution >= 0.6 is 0 Å². The number of carbonyl (C=O) groups excluding carboxylic acids is 1. The summed E-state index contributed by atoms with van der Waals surface area (Å²) in [5.74, 6) is 0.0109. The molecular formula is C19H17N5O4. The molecule has 142 valence electrons. The number of nitrogens with one attached hydrogen (secondary N) is 2. The largest absolute Gasteiger partial charge is 0.459 e. The van der Waals surface area contributed by atoms with E-state index < -0.39 is 11.2 Å². The summed E-state index contributed by atoms with van der Waals surface area (Å²) in [6.07, 6.45) is 1.42. The van der Waals surface area contributed by atoms with E-state index in [-0.39, 0.29) is 29.6 Å². The lowest BCUT2D eigenvalue weighted by Crippen LogP contribution is -2.39. The van der Waals surface area contributed by atoms with Crippen LogP contribution in [0, 0.1) is 11.3 Å². The Balaban J connectivity index is 1.74. The molecule has 28 heavy (non-hydrogen) atoms. The topological polar surface area (TPSA) is 122 Å². The molecule has 2 aromatic heterocycles. The van der Waals surface area contributed by atoms with E-state index in [2.05, 4.69) is 10.6 Å². The van der Waals surface area contributed by atoms with Gasteiger partial charge in [0.1, 0.15) is 11.9 Å². The molecule has 0 saturated carbocycles. The lowest BCUT2D eigenvalue weighted by molar-refractivity contribution is 0.0996. The van der Waals surface area contributed by atoms with Gasteiger partial charge >= 0.3 is 5.69 Å². The monoisotopic (exact) mass is 379 g/mol. The first-order valence-electron chi connectivity index (χ1n) is 8.30. The van der Waals surface area contributed by atoms with Crippen molar-refractivity contribution in [1.82, 2.24) is 9.13 Å². The normalized spacial score (nSPS) is 10.3. The zero-order chi connectivity index (χ0) is 20.3. The van der Waals surface area contributed by atoms with Crippen LogP contribution in [0.15, 0.2) is 56.7 Å². The number of nitriles is 1. The Kier molecular flexibility index (Phi) is 5.13. The van der Waals surface area contributed by atoms with Crippen LogP contribution in [0.2, 0.25) is 0 Å². The van der Waals surface area contributed by atoms with Crippen LogP contribution in [-0.2, 0) is 20.6 Å². The van der Waals surface area contributed by atoms with Gasteiger partial charge in [0.25, 0.3) is 11.5 Å². The number of nitrogens with zero attached hydrogens (tertiary/aromatic N) is 3. The molecule has 3 rings (SSSR count). The van der Waals surface area contributed by atoms with Gasteiger partial charge < -0.3 is 15.1 Å². The molecule has 2 N–H and O–H groups in total. The van der Waals surface area contributed by atoms with Gasteiger partial charge in [-0.05, 0) is 29.8 Å². The fourth-order valence-electron chi connectivity index (χ4n) is 2.64. The second kappa shape index (κ2) is 7.67. The molecule has 0 bridgehead atoms. The van der Waals surface area contributed by atoms with E-state index in [0.717, 1.165) is 10.1 Å². The third-order valence-corrected chi connectivity index (χ3v) is 4.19. The van der Waals surface area contributed by atoms with Crippen LogP contribution in [0.3, 0.4) is 0 Å². The summed E-state index contributed by atoms with van der Waals surface area (Å²) in [5.41, 5.74) is 0.107. The minimum absolute atomic E-state index is 0.132. The molecule has 9 nitrogen and oxygen atoms in total. The minimum Gasteiger partial charge on any atom is -0.459 e. The molecule has 0 spiro atoms. The molecule has 9 heteroatoms. The van der Waals surface area contributed by atoms with Gasteiger partial charge in [-0.1, -0.05) is 12.1 Å². The number of furan rings is 1. The summed E-state index contributed by atoms with van der Waals surface area (Å²) in [6, 6.07) is 12.0. The van der Waals surface area contributed by atoms with Crippen LogP contribution in [0.25, 0.3) is 0 Å². The highest BCUT2D eigenvalue weighted by Crippen LogP contribution is 2.14. The summed E-state index contributed by atoms with van der Waals surface area (Å²) in [7, 11) is 2.81. The second-order valence-corrected chi connectivity index (χ2v) is 6.02. The smallest absolute Gasteiger partial charge is 0.332 e. The lowest BCUT2D eigenvalue weighted by atomic mass is 10.2. The van der Waals surface area contributed by atoms with E-state index in [1.165, 1.54) is 24.9 Å². The Morgan fingerprint density at radius 2 is 1.86 bits per heavy atom. The molecule has 0 radical (unpaired) electrons. The number of anilines is 2. The Hall–Kier alpha value is -4.06. The number of hydrogen-bond acceptors (Lipinski definition) is 6. The predicted octanol–water partition coefficient (Wildman–Crippen LogP) is 1.41. The minimum atomic E-state index is -0.649. The van der Waals surface area contributed by atoms with Crippen LogP contribution in [0.5, 0.6) is 0 Å². The van der Waals surface area contributed by atoms with E-state index in [1.54, 1.807) is 36.4 Å². The molecular weight excluding hydrogens is 362 g/mol. The second-order valence-electron chi connectivity index (χ2n) is 6.02. The van der Waals surface area contributed by atoms with Crippen molar-refractivity contribution in [1.29, 1.82) is 5.26 Å². The zero-order valence-electron chi connectivity index (χ0n) is 15.2. The van der Waals surface area contributed by atoms with Crippen LogP contribution in [0.1, 0.15) is 21.7 Å². The maximum atomic E-state index is 12.1. The molecule has 0 aliphatic rings. The van der Waals surface area contributed by atoms with E-state index in [1.807, 2.05) is 6.07 Å². The lowest BCUT2D eigenvalue weighted by Gasteiger charge is -2.14. The van der Waals surface area contributed by atoms with Crippen molar-refractivity contribution in [3.8, 4) is 6.07 Å². The van der Waals surface area contributed by atoms with Crippen LogP contribution in [-0.4, -0.2) is 15.0 Å². The third-order valence-electron chi connectivity index (χ3n) is 4.19. The summed E-state index contributed by atoms with van der Waals surface area (Å²) >= 11 is 0. The number of aromatic nitrogens is 2. The molecule has 0 unspecified atom stereocenters. The Morgan fingerprint density at radius 1 is 1.14 bits per heavy atom. The maximum Gasteiger partial charge on any atom is 0.332 e. The van der Waals surface area contributed by atoms with Gasteiger partial charge in [-0.15, -0.1) is 0 Å². The number of amides is 1. The summed E-state index contributed by atoms with van der Waals surface area (Å²) in [6.45, 7) is 0.279.